The lowest BCUT2D eigenvalue weighted by atomic mass is 9.98. The van der Waals surface area contributed by atoms with Crippen molar-refractivity contribution in [2.45, 2.75) is 17.9 Å². The molecule has 0 amide bonds. The van der Waals surface area contributed by atoms with Gasteiger partial charge in [-0.15, -0.1) is 0 Å². The second-order valence-electron chi connectivity index (χ2n) is 4.98. The number of benzene rings is 2. The Balaban J connectivity index is 1.78. The van der Waals surface area contributed by atoms with Crippen molar-refractivity contribution in [1.29, 1.82) is 0 Å². The summed E-state index contributed by atoms with van der Waals surface area (Å²) >= 11 is 3.36. The van der Waals surface area contributed by atoms with Gasteiger partial charge in [0.1, 0.15) is 12.7 Å². The van der Waals surface area contributed by atoms with Gasteiger partial charge in [0.2, 0.25) is 0 Å². The molecule has 1 unspecified atom stereocenters. The van der Waals surface area contributed by atoms with Gasteiger partial charge in [0.05, 0.1) is 6.61 Å². The molecule has 1 aliphatic rings. The highest BCUT2D eigenvalue weighted by atomic mass is 79.9. The minimum Gasteiger partial charge on any atom is -0.487 e. The molecule has 0 saturated heterocycles. The van der Waals surface area contributed by atoms with Crippen LogP contribution in [0.4, 0.5) is 4.39 Å². The number of hydrogen-bond acceptors (Lipinski definition) is 2. The van der Waals surface area contributed by atoms with Gasteiger partial charge >= 0.3 is 0 Å². The van der Waals surface area contributed by atoms with Crippen LogP contribution in [-0.4, -0.2) is 13.2 Å². The van der Waals surface area contributed by atoms with Gasteiger partial charge in [-0.2, -0.15) is 0 Å². The minimum atomic E-state index is -0.337. The number of alkyl halides is 1. The van der Waals surface area contributed by atoms with E-state index in [9.17, 15) is 4.39 Å². The lowest BCUT2D eigenvalue weighted by Crippen LogP contribution is -2.22. The Kier molecular flexibility index (Phi) is 4.56. The maximum Gasteiger partial charge on any atom is 0.165 e. The summed E-state index contributed by atoms with van der Waals surface area (Å²) in [6, 6.07) is 13.1. The highest BCUT2D eigenvalue weighted by Gasteiger charge is 2.22. The molecule has 110 valence electrons. The van der Waals surface area contributed by atoms with Crippen LogP contribution in [0.25, 0.3) is 0 Å². The van der Waals surface area contributed by atoms with E-state index in [1.807, 2.05) is 18.2 Å². The van der Waals surface area contributed by atoms with Gasteiger partial charge in [-0.1, -0.05) is 52.3 Å². The molecule has 0 N–H and O–H groups in total. The molecule has 4 heteroatoms. The standard InChI is InChI=1S/C17H16BrFO2/c18-10-13-5-3-7-15(19)17(13)21-11-16-14-6-2-1-4-12(14)8-9-20-16/h1-7,16H,8-11H2. The normalized spacial score (nSPS) is 17.3. The van der Waals surface area contributed by atoms with Gasteiger partial charge in [0.25, 0.3) is 0 Å². The first kappa shape index (κ1) is 14.5. The number of rotatable bonds is 4. The molecule has 0 bridgehead atoms. The van der Waals surface area contributed by atoms with E-state index < -0.39 is 0 Å². The van der Waals surface area contributed by atoms with Gasteiger partial charge in [0, 0.05) is 10.9 Å². The van der Waals surface area contributed by atoms with E-state index in [0.717, 1.165) is 17.5 Å². The number of halogens is 2. The molecule has 0 fully saturated rings. The van der Waals surface area contributed by atoms with Crippen LogP contribution in [0.2, 0.25) is 0 Å². The van der Waals surface area contributed by atoms with Gasteiger partial charge < -0.3 is 9.47 Å². The smallest absolute Gasteiger partial charge is 0.165 e. The van der Waals surface area contributed by atoms with E-state index in [0.29, 0.717) is 24.3 Å². The van der Waals surface area contributed by atoms with E-state index >= 15 is 0 Å². The Morgan fingerprint density at radius 1 is 1.19 bits per heavy atom. The molecule has 0 radical (unpaired) electrons. The van der Waals surface area contributed by atoms with E-state index in [2.05, 4.69) is 28.1 Å². The predicted octanol–water partition coefficient (Wildman–Crippen LogP) is 4.41. The van der Waals surface area contributed by atoms with Crippen molar-refractivity contribution in [3.63, 3.8) is 0 Å². The molecule has 0 saturated carbocycles. The Morgan fingerprint density at radius 3 is 2.90 bits per heavy atom. The van der Waals surface area contributed by atoms with Crippen molar-refractivity contribution in [2.24, 2.45) is 0 Å². The monoisotopic (exact) mass is 350 g/mol. The minimum absolute atomic E-state index is 0.141. The Morgan fingerprint density at radius 2 is 2.05 bits per heavy atom. The van der Waals surface area contributed by atoms with Gasteiger partial charge in [0.15, 0.2) is 11.6 Å². The molecule has 0 aliphatic carbocycles. The lowest BCUT2D eigenvalue weighted by molar-refractivity contribution is 0.00918. The molecule has 1 heterocycles. The van der Waals surface area contributed by atoms with Crippen LogP contribution >= 0.6 is 15.9 Å². The average molecular weight is 351 g/mol. The molecular weight excluding hydrogens is 335 g/mol. The third-order valence-corrected chi connectivity index (χ3v) is 4.27. The van der Waals surface area contributed by atoms with Gasteiger partial charge in [-0.3, -0.25) is 0 Å². The molecular formula is C17H16BrFO2. The zero-order valence-electron chi connectivity index (χ0n) is 11.5. The molecule has 3 rings (SSSR count). The van der Waals surface area contributed by atoms with Gasteiger partial charge in [-0.25, -0.2) is 4.39 Å². The van der Waals surface area contributed by atoms with Gasteiger partial charge in [-0.05, 0) is 23.6 Å². The maximum absolute atomic E-state index is 13.9. The summed E-state index contributed by atoms with van der Waals surface area (Å²) in [6.45, 7) is 0.992. The lowest BCUT2D eigenvalue weighted by Gasteiger charge is -2.26. The van der Waals surface area contributed by atoms with Crippen LogP contribution < -0.4 is 4.74 Å². The zero-order valence-corrected chi connectivity index (χ0v) is 13.1. The summed E-state index contributed by atoms with van der Waals surface area (Å²) in [5.74, 6) is -0.0305. The Bertz CT molecular complexity index is 630. The van der Waals surface area contributed by atoms with Crippen LogP contribution in [0, 0.1) is 5.82 Å². The molecule has 0 aromatic heterocycles. The number of ether oxygens (including phenoxy) is 2. The van der Waals surface area contributed by atoms with Crippen molar-refractivity contribution >= 4 is 15.9 Å². The first-order chi connectivity index (χ1) is 10.3. The van der Waals surface area contributed by atoms with Crippen LogP contribution in [-0.2, 0) is 16.5 Å². The summed E-state index contributed by atoms with van der Waals surface area (Å²) < 4.78 is 25.4. The average Bonchev–Trinajstić information content (AvgIpc) is 2.53. The summed E-state index contributed by atoms with van der Waals surface area (Å²) in [5.41, 5.74) is 3.23. The Labute approximate surface area is 132 Å². The fourth-order valence-corrected chi connectivity index (χ4v) is 3.04. The summed E-state index contributed by atoms with van der Waals surface area (Å²) in [4.78, 5) is 0. The highest BCUT2D eigenvalue weighted by Crippen LogP contribution is 2.30. The van der Waals surface area contributed by atoms with E-state index in [1.54, 1.807) is 6.07 Å². The highest BCUT2D eigenvalue weighted by molar-refractivity contribution is 9.08. The van der Waals surface area contributed by atoms with Crippen molar-refractivity contribution in [3.05, 3.63) is 65.0 Å². The van der Waals surface area contributed by atoms with Crippen LogP contribution in [0.3, 0.4) is 0 Å². The molecule has 1 atom stereocenters. The van der Waals surface area contributed by atoms with Crippen molar-refractivity contribution in [1.82, 2.24) is 0 Å². The molecule has 2 aromatic rings. The van der Waals surface area contributed by atoms with Crippen molar-refractivity contribution < 1.29 is 13.9 Å². The molecule has 1 aliphatic heterocycles. The number of para-hydroxylation sites is 1. The third kappa shape index (κ3) is 3.11. The maximum atomic E-state index is 13.9. The quantitative estimate of drug-likeness (QED) is 0.760. The van der Waals surface area contributed by atoms with E-state index in [1.165, 1.54) is 11.6 Å². The van der Waals surface area contributed by atoms with E-state index in [4.69, 9.17) is 9.47 Å². The van der Waals surface area contributed by atoms with Crippen molar-refractivity contribution in [3.8, 4) is 5.75 Å². The first-order valence-electron chi connectivity index (χ1n) is 6.95. The third-order valence-electron chi connectivity index (χ3n) is 3.66. The summed E-state index contributed by atoms with van der Waals surface area (Å²) in [7, 11) is 0. The SMILES string of the molecule is Fc1cccc(CBr)c1OCC1OCCc2ccccc21. The fraction of sp³-hybridized carbons (Fsp3) is 0.294. The first-order valence-corrected chi connectivity index (χ1v) is 8.07. The predicted molar refractivity (Wildman–Crippen MR) is 83.4 cm³/mol. The number of hydrogen-bond donors (Lipinski definition) is 0. The molecule has 2 nitrogen and oxygen atoms in total. The summed E-state index contributed by atoms with van der Waals surface area (Å²) in [5, 5.41) is 0.558. The van der Waals surface area contributed by atoms with Crippen LogP contribution in [0.15, 0.2) is 42.5 Å². The topological polar surface area (TPSA) is 18.5 Å². The second kappa shape index (κ2) is 6.58. The zero-order chi connectivity index (χ0) is 14.7. The largest absolute Gasteiger partial charge is 0.487 e. The molecule has 0 spiro atoms. The fourth-order valence-electron chi connectivity index (χ4n) is 2.59. The second-order valence-corrected chi connectivity index (χ2v) is 5.54. The van der Waals surface area contributed by atoms with E-state index in [-0.39, 0.29) is 11.9 Å². The molecule has 21 heavy (non-hydrogen) atoms. The van der Waals surface area contributed by atoms with Crippen LogP contribution in [0.5, 0.6) is 5.75 Å². The Hall–Kier alpha value is -1.39. The summed E-state index contributed by atoms with van der Waals surface area (Å²) in [6.07, 6.45) is 0.775. The van der Waals surface area contributed by atoms with Crippen LogP contribution in [0.1, 0.15) is 22.8 Å². The molecule has 2 aromatic carbocycles. The number of fused-ring (bicyclic) bond motifs is 1. The van der Waals surface area contributed by atoms with Crippen molar-refractivity contribution in [2.75, 3.05) is 13.2 Å².